The molecule has 0 fully saturated rings. The van der Waals surface area contributed by atoms with Crippen LogP contribution in [0.3, 0.4) is 0 Å². The molecule has 1 N–H and O–H groups in total. The fraction of sp³-hybridized carbons (Fsp3) is 0.350. The molecule has 3 rings (SSSR count). The summed E-state index contributed by atoms with van der Waals surface area (Å²) in [5.41, 5.74) is 1.61. The molecule has 1 aliphatic rings. The smallest absolute Gasteiger partial charge is 0.305 e. The Balaban J connectivity index is 0.00000280. The van der Waals surface area contributed by atoms with Crippen molar-refractivity contribution in [1.29, 1.82) is 0 Å². The van der Waals surface area contributed by atoms with E-state index in [0.717, 1.165) is 0 Å². The zero-order valence-corrected chi connectivity index (χ0v) is 17.9. The Morgan fingerprint density at radius 2 is 1.54 bits per heavy atom. The van der Waals surface area contributed by atoms with Gasteiger partial charge in [-0.25, -0.2) is 4.31 Å². The second-order valence-corrected chi connectivity index (χ2v) is 9.26. The first-order valence-electron chi connectivity index (χ1n) is 8.94. The van der Waals surface area contributed by atoms with E-state index in [1.165, 1.54) is 8.61 Å². The van der Waals surface area contributed by atoms with Crippen LogP contribution in [0.25, 0.3) is 0 Å². The van der Waals surface area contributed by atoms with Crippen LogP contribution < -0.4 is 13.9 Å². The van der Waals surface area contributed by atoms with Gasteiger partial charge in [-0.1, -0.05) is 30.3 Å². The molecular weight excluding hydrogens is 398 g/mol. The number of ketones is 1. The number of fused-ring (bicyclic) bond motifs is 1. The molecule has 2 aromatic rings. The fourth-order valence-electron chi connectivity index (χ4n) is 2.94. The summed E-state index contributed by atoms with van der Waals surface area (Å²) in [5.74, 6) is -0.0178. The van der Waals surface area contributed by atoms with Crippen molar-refractivity contribution >= 4 is 45.5 Å². The van der Waals surface area contributed by atoms with Crippen molar-refractivity contribution in [2.45, 2.75) is 32.7 Å². The first-order chi connectivity index (χ1) is 12.7. The number of carbonyl (C=O) groups is 1. The Hall–Kier alpha value is -2.09. The molecule has 0 amide bonds. The molecule has 0 atom stereocenters. The number of hydrogen-bond acceptors (Lipinski definition) is 4. The maximum Gasteiger partial charge on any atom is 0.330 e. The van der Waals surface area contributed by atoms with Crippen LogP contribution in [0.15, 0.2) is 54.6 Å². The lowest BCUT2D eigenvalue weighted by molar-refractivity contribution is -0.118. The monoisotopic (exact) mass is 423 g/mol. The molecule has 0 saturated heterocycles. The summed E-state index contributed by atoms with van der Waals surface area (Å²) in [6.45, 7) is 6.30. The summed E-state index contributed by atoms with van der Waals surface area (Å²) in [6, 6.07) is 16.1. The van der Waals surface area contributed by atoms with Crippen LogP contribution in [0.1, 0.15) is 27.2 Å². The second-order valence-electron chi connectivity index (χ2n) is 7.56. The number of carbonyl (C=O) groups excluding carboxylic acids is 1. The standard InChI is InChI=1S/C20H25N3O3S.ClH/c1-20(2,3)21-15-17(24)13-14-22-18-11-7-8-12-19(18)23(27(22,25)26)16-9-5-4-6-10-16;/h4-12,21H,13-15H2,1-3H3;1H. The quantitative estimate of drug-likeness (QED) is 0.769. The highest BCUT2D eigenvalue weighted by Gasteiger charge is 2.40. The van der Waals surface area contributed by atoms with Crippen LogP contribution in [0.2, 0.25) is 0 Å². The molecule has 1 aliphatic heterocycles. The maximum absolute atomic E-state index is 13.2. The largest absolute Gasteiger partial charge is 0.330 e. The molecule has 0 unspecified atom stereocenters. The molecule has 1 heterocycles. The summed E-state index contributed by atoms with van der Waals surface area (Å²) >= 11 is 0. The van der Waals surface area contributed by atoms with Gasteiger partial charge >= 0.3 is 10.2 Å². The van der Waals surface area contributed by atoms with E-state index in [9.17, 15) is 13.2 Å². The lowest BCUT2D eigenvalue weighted by Gasteiger charge is -2.22. The molecule has 2 aromatic carbocycles. The zero-order valence-electron chi connectivity index (χ0n) is 16.3. The highest BCUT2D eigenvalue weighted by Crippen LogP contribution is 2.44. The molecule has 0 aromatic heterocycles. The molecule has 0 bridgehead atoms. The predicted octanol–water partition coefficient (Wildman–Crippen LogP) is 3.66. The third-order valence-electron chi connectivity index (χ3n) is 4.28. The van der Waals surface area contributed by atoms with Crippen LogP contribution in [-0.4, -0.2) is 32.8 Å². The van der Waals surface area contributed by atoms with Crippen molar-refractivity contribution < 1.29 is 13.2 Å². The Morgan fingerprint density at radius 3 is 2.14 bits per heavy atom. The van der Waals surface area contributed by atoms with Gasteiger partial charge in [0.2, 0.25) is 0 Å². The Labute approximate surface area is 173 Å². The van der Waals surface area contributed by atoms with Crippen molar-refractivity contribution in [1.82, 2.24) is 5.32 Å². The topological polar surface area (TPSA) is 69.7 Å². The van der Waals surface area contributed by atoms with Crippen molar-refractivity contribution in [3.8, 4) is 0 Å². The van der Waals surface area contributed by atoms with Gasteiger partial charge in [0.05, 0.1) is 23.6 Å². The number of halogens is 1. The van der Waals surface area contributed by atoms with Crippen molar-refractivity contribution in [3.63, 3.8) is 0 Å². The van der Waals surface area contributed by atoms with Crippen LogP contribution in [0, 0.1) is 0 Å². The highest BCUT2D eigenvalue weighted by atomic mass is 35.5. The van der Waals surface area contributed by atoms with Gasteiger partial charge in [0.15, 0.2) is 0 Å². The van der Waals surface area contributed by atoms with E-state index in [4.69, 9.17) is 0 Å². The Morgan fingerprint density at radius 1 is 0.964 bits per heavy atom. The van der Waals surface area contributed by atoms with Crippen LogP contribution >= 0.6 is 12.4 Å². The molecule has 152 valence electrons. The van der Waals surface area contributed by atoms with Gasteiger partial charge in [0.1, 0.15) is 5.78 Å². The van der Waals surface area contributed by atoms with Crippen LogP contribution in [-0.2, 0) is 15.0 Å². The lowest BCUT2D eigenvalue weighted by Crippen LogP contribution is -2.41. The first-order valence-corrected chi connectivity index (χ1v) is 10.3. The molecule has 0 radical (unpaired) electrons. The first kappa shape index (κ1) is 22.2. The van der Waals surface area contributed by atoms with Crippen LogP contribution in [0.5, 0.6) is 0 Å². The van der Waals surface area contributed by atoms with E-state index in [2.05, 4.69) is 5.32 Å². The van der Waals surface area contributed by atoms with Crippen molar-refractivity contribution in [2.75, 3.05) is 21.7 Å². The van der Waals surface area contributed by atoms with Gasteiger partial charge in [0, 0.05) is 18.5 Å². The zero-order chi connectivity index (χ0) is 19.7. The molecule has 0 aliphatic carbocycles. The summed E-state index contributed by atoms with van der Waals surface area (Å²) in [7, 11) is -3.79. The third-order valence-corrected chi connectivity index (χ3v) is 6.08. The van der Waals surface area contributed by atoms with Crippen molar-refractivity contribution in [2.24, 2.45) is 0 Å². The van der Waals surface area contributed by atoms with E-state index >= 15 is 0 Å². The number of nitrogens with zero attached hydrogens (tertiary/aromatic N) is 2. The van der Waals surface area contributed by atoms with Gasteiger partial charge in [-0.05, 0) is 45.0 Å². The minimum absolute atomic E-state index is 0. The lowest BCUT2D eigenvalue weighted by atomic mass is 10.1. The molecule has 28 heavy (non-hydrogen) atoms. The molecular formula is C20H26ClN3O3S. The predicted molar refractivity (Wildman–Crippen MR) is 116 cm³/mol. The summed E-state index contributed by atoms with van der Waals surface area (Å²) < 4.78 is 29.1. The molecule has 6 nitrogen and oxygen atoms in total. The van der Waals surface area contributed by atoms with E-state index in [1.807, 2.05) is 32.9 Å². The van der Waals surface area contributed by atoms with E-state index < -0.39 is 10.2 Å². The highest BCUT2D eigenvalue weighted by molar-refractivity contribution is 7.95. The minimum atomic E-state index is -3.79. The van der Waals surface area contributed by atoms with Gasteiger partial charge < -0.3 is 5.32 Å². The SMILES string of the molecule is CC(C)(C)NCC(=O)CCN1c2ccccc2N(c2ccccc2)S1(=O)=O.Cl. The summed E-state index contributed by atoms with van der Waals surface area (Å²) in [5, 5.41) is 3.14. The van der Waals surface area contributed by atoms with Gasteiger partial charge in [-0.3, -0.25) is 9.10 Å². The Kier molecular flexibility index (Phi) is 6.75. The maximum atomic E-state index is 13.2. The van der Waals surface area contributed by atoms with Crippen LogP contribution in [0.4, 0.5) is 17.1 Å². The van der Waals surface area contributed by atoms with Gasteiger partial charge in [0.25, 0.3) is 0 Å². The number of hydrogen-bond donors (Lipinski definition) is 1. The third kappa shape index (κ3) is 4.66. The molecule has 8 heteroatoms. The number of benzene rings is 2. The van der Waals surface area contributed by atoms with Gasteiger partial charge in [-0.2, -0.15) is 8.42 Å². The molecule has 0 saturated carbocycles. The van der Waals surface area contributed by atoms with Gasteiger partial charge in [-0.15, -0.1) is 12.4 Å². The van der Waals surface area contributed by atoms with E-state index in [-0.39, 0.29) is 43.2 Å². The Bertz CT molecular complexity index is 927. The number of nitrogens with one attached hydrogen (secondary N) is 1. The average molecular weight is 424 g/mol. The average Bonchev–Trinajstić information content (AvgIpc) is 2.84. The number of Topliss-reactive ketones (excluding diaryl/α,β-unsaturated/α-hetero) is 1. The number of rotatable bonds is 6. The second kappa shape index (κ2) is 8.51. The normalized spacial score (nSPS) is 15.1. The molecule has 0 spiro atoms. The van der Waals surface area contributed by atoms with E-state index in [0.29, 0.717) is 17.1 Å². The summed E-state index contributed by atoms with van der Waals surface area (Å²) in [4.78, 5) is 12.2. The minimum Gasteiger partial charge on any atom is -0.305 e. The summed E-state index contributed by atoms with van der Waals surface area (Å²) in [6.07, 6.45) is 0.152. The fourth-order valence-corrected chi connectivity index (χ4v) is 4.66. The van der Waals surface area contributed by atoms with E-state index in [1.54, 1.807) is 42.5 Å². The van der Waals surface area contributed by atoms with Crippen molar-refractivity contribution in [3.05, 3.63) is 54.6 Å². The number of para-hydroxylation sites is 3. The number of anilines is 3.